The number of aliphatic hydroxyl groups is 17. The number of rotatable bonds is 19. The zero-order valence-corrected chi connectivity index (χ0v) is 38.6. The Morgan fingerprint density at radius 3 is 1.25 bits per heavy atom. The maximum absolute atomic E-state index is 11.5. The fraction of sp³-hybridized carbons (Fsp3) is 1.00. The molecule has 0 aliphatic carbocycles. The van der Waals surface area contributed by atoms with Crippen molar-refractivity contribution in [3.8, 4) is 0 Å². The number of aliphatic hydroxyl groups excluding tert-OH is 17. The molecule has 0 bridgehead atoms. The van der Waals surface area contributed by atoms with E-state index >= 15 is 0 Å². The van der Waals surface area contributed by atoms with E-state index < -0.39 is 225 Å². The molecule has 12 unspecified atom stereocenters. The average molecular weight is 1080 g/mol. The molecule has 0 aromatic rings. The third-order valence-corrected chi connectivity index (χ3v) is 13.4. The van der Waals surface area contributed by atoms with Crippen LogP contribution in [-0.2, 0) is 66.0 Å². The van der Waals surface area contributed by atoms with E-state index in [-0.39, 0.29) is 6.42 Å². The Kier molecular flexibility index (Phi) is 21.4. The first-order valence-electron chi connectivity index (χ1n) is 22.4. The van der Waals surface area contributed by atoms with Crippen molar-refractivity contribution in [2.75, 3.05) is 33.0 Å². The van der Waals surface area contributed by atoms with E-state index in [1.54, 1.807) is 6.92 Å². The molecule has 0 radical (unpaired) electrons. The zero-order chi connectivity index (χ0) is 53.3. The highest BCUT2D eigenvalue weighted by Gasteiger charge is 2.56. The number of phosphoric ester groups is 1. The van der Waals surface area contributed by atoms with Crippen LogP contribution in [0.1, 0.15) is 13.3 Å². The Bertz CT molecular complexity index is 1710. The molecule has 0 amide bonds. The molecule has 30 atom stereocenters. The third-order valence-electron chi connectivity index (χ3n) is 13.0. The summed E-state index contributed by atoms with van der Waals surface area (Å²) in [7, 11) is -5.68. The molecule has 0 aromatic heterocycles. The van der Waals surface area contributed by atoms with Crippen molar-refractivity contribution in [3.05, 3.63) is 0 Å². The molecule has 6 fully saturated rings. The van der Waals surface area contributed by atoms with Crippen LogP contribution in [-0.4, -0.2) is 304 Å². The number of hydrogen-bond donors (Lipinski definition) is 18. The van der Waals surface area contributed by atoms with Crippen LogP contribution in [0.3, 0.4) is 0 Å². The predicted molar refractivity (Wildman–Crippen MR) is 212 cm³/mol. The van der Waals surface area contributed by atoms with Crippen LogP contribution >= 0.6 is 7.82 Å². The summed E-state index contributed by atoms with van der Waals surface area (Å²) in [5.41, 5.74) is 0. The van der Waals surface area contributed by atoms with Gasteiger partial charge in [-0.1, -0.05) is 6.92 Å². The first-order valence-corrected chi connectivity index (χ1v) is 23.9. The molecule has 35 heteroatoms. The lowest BCUT2D eigenvalue weighted by atomic mass is 9.96. The van der Waals surface area contributed by atoms with Gasteiger partial charge in [0, 0.05) is 0 Å². The number of nitrogens with two attached hydrogens (primary N) is 1. The molecule has 6 aliphatic heterocycles. The van der Waals surface area contributed by atoms with Gasteiger partial charge in [-0.05, 0) is 6.42 Å². The summed E-state index contributed by atoms with van der Waals surface area (Å²) in [5.74, 6) is 5.35. The summed E-state index contributed by atoms with van der Waals surface area (Å²) in [5, 5.41) is 181. The molecule has 0 spiro atoms. The van der Waals surface area contributed by atoms with E-state index in [9.17, 15) is 101 Å². The smallest absolute Gasteiger partial charge is 0.206 e. The van der Waals surface area contributed by atoms with Gasteiger partial charge in [0.15, 0.2) is 31.5 Å². The Labute approximate surface area is 406 Å². The topological polar surface area (TPSA) is 553 Å². The number of phosphoric acid groups is 1. The minimum Gasteiger partial charge on any atom is -0.790 e. The molecule has 72 heavy (non-hydrogen) atoms. The van der Waals surface area contributed by atoms with E-state index in [0.29, 0.717) is 0 Å². The van der Waals surface area contributed by atoms with Crippen molar-refractivity contribution >= 4 is 7.82 Å². The van der Waals surface area contributed by atoms with E-state index in [2.05, 4.69) is 4.52 Å². The van der Waals surface area contributed by atoms with Crippen LogP contribution in [0.5, 0.6) is 0 Å². The van der Waals surface area contributed by atoms with Gasteiger partial charge in [0.05, 0.1) is 47.0 Å². The fourth-order valence-electron chi connectivity index (χ4n) is 8.69. The molecule has 0 aromatic carbocycles. The van der Waals surface area contributed by atoms with Gasteiger partial charge in [0.2, 0.25) is 6.29 Å². The van der Waals surface area contributed by atoms with Crippen molar-refractivity contribution < 1.29 is 163 Å². The SMILES string of the molecule is CCC1O[C@@H](OC2[C@H](OCC3O[C@@H](OCC4O[C@@H](ON)C(O)[C@@H](O[C@@H]5OC(CO)[C@H](O)[C@H](O)C5O[C@@H]5OC(COP(=O)([O-])[O-])[C@H](O)[C@H](O)C5O)[C@H]4O)C(O)[C@@H](O)[C@H]3O)OC(CO)[C@H](O)[C@@H]2O)C(O)[C@@H](O)[C@H]1O. The van der Waals surface area contributed by atoms with Crippen LogP contribution < -0.4 is 15.7 Å². The molecule has 422 valence electrons. The second kappa shape index (κ2) is 25.6. The largest absolute Gasteiger partial charge is 0.790 e. The first kappa shape index (κ1) is 60.1. The lowest BCUT2D eigenvalue weighted by Crippen LogP contribution is -2.67. The van der Waals surface area contributed by atoms with Gasteiger partial charge in [-0.3, -0.25) is 4.84 Å². The molecule has 0 saturated carbocycles. The van der Waals surface area contributed by atoms with Crippen LogP contribution in [0.25, 0.3) is 0 Å². The summed E-state index contributed by atoms with van der Waals surface area (Å²) in [6.07, 6.45) is -57.1. The van der Waals surface area contributed by atoms with Gasteiger partial charge in [0.1, 0.15) is 140 Å². The Morgan fingerprint density at radius 1 is 0.403 bits per heavy atom. The minimum absolute atomic E-state index is 0.129. The van der Waals surface area contributed by atoms with Crippen LogP contribution in [0.15, 0.2) is 0 Å². The maximum Gasteiger partial charge on any atom is 0.206 e. The zero-order valence-electron chi connectivity index (χ0n) is 37.7. The normalized spacial score (nSPS) is 50.7. The van der Waals surface area contributed by atoms with Crippen molar-refractivity contribution in [2.24, 2.45) is 5.90 Å². The van der Waals surface area contributed by atoms with E-state index in [1.165, 1.54) is 0 Å². The monoisotopic (exact) mass is 1080 g/mol. The highest BCUT2D eigenvalue weighted by molar-refractivity contribution is 7.43. The van der Waals surface area contributed by atoms with Crippen molar-refractivity contribution in [1.29, 1.82) is 0 Å². The van der Waals surface area contributed by atoms with Gasteiger partial charge in [0.25, 0.3) is 0 Å². The molecular weight excluding hydrogens is 1020 g/mol. The Balaban J connectivity index is 1.14. The number of ether oxygens (including phenoxy) is 11. The average Bonchev–Trinajstić information content (AvgIpc) is 3.35. The Hall–Kier alpha value is -1.09. The summed E-state index contributed by atoms with van der Waals surface area (Å²) in [6, 6.07) is 0. The minimum atomic E-state index is -5.68. The van der Waals surface area contributed by atoms with E-state index in [1.807, 2.05) is 0 Å². The Morgan fingerprint density at radius 2 is 0.764 bits per heavy atom. The quantitative estimate of drug-likeness (QED) is 0.0422. The predicted octanol–water partition coefficient (Wildman–Crippen LogP) is -13.9. The second-order valence-corrected chi connectivity index (χ2v) is 18.9. The van der Waals surface area contributed by atoms with Crippen LogP contribution in [0.4, 0.5) is 0 Å². The molecule has 19 N–H and O–H groups in total. The van der Waals surface area contributed by atoms with Crippen molar-refractivity contribution in [3.63, 3.8) is 0 Å². The fourth-order valence-corrected chi connectivity index (χ4v) is 9.02. The van der Waals surface area contributed by atoms with Gasteiger partial charge in [-0.15, -0.1) is 0 Å². The molecule has 6 aliphatic rings. The van der Waals surface area contributed by atoms with Gasteiger partial charge < -0.3 is 158 Å². The van der Waals surface area contributed by atoms with E-state index in [4.69, 9.17) is 62.8 Å². The summed E-state index contributed by atoms with van der Waals surface area (Å²) >= 11 is 0. The van der Waals surface area contributed by atoms with Gasteiger partial charge >= 0.3 is 0 Å². The van der Waals surface area contributed by atoms with Gasteiger partial charge in [-0.2, -0.15) is 0 Å². The summed E-state index contributed by atoms with van der Waals surface area (Å²) in [6.45, 7) is -3.21. The van der Waals surface area contributed by atoms with Crippen LogP contribution in [0.2, 0.25) is 0 Å². The second-order valence-electron chi connectivity index (χ2n) is 17.7. The molecule has 6 heterocycles. The summed E-state index contributed by atoms with van der Waals surface area (Å²) < 4.78 is 76.9. The third kappa shape index (κ3) is 13.2. The lowest BCUT2D eigenvalue weighted by Gasteiger charge is -2.48. The standard InChI is InChI=1S/C37H66NO33P/c1-2-8-14(41)20(47)26(53)33(62-8)69-30-23(50)15(42)9(3-39)63-36(30)60-5-11-17(44)21(48)25(52)32(65-11)59-6-12-19(46)29(28(55)35(67-12)71-38)68-37-31(24(51)16(43)10(4-40)64-37)70-34-27(54)22(49)18(45)13(66-34)7-61-72(56,57)58/h8-37,39-55H,2-7,38H2,1H3,(H2,56,57,58)/p-2/t8?,9?,10?,11?,12?,13?,14-,15-,16-,17-,18-,19-,20-,21-,22-,23-,24-,25?,26?,27?,28?,29-,30?,31?,32+,33-,34-,35-,36+,37-/m0/s1. The first-order chi connectivity index (χ1) is 33.9. The molecular formula is C37H64NO33P-2. The lowest BCUT2D eigenvalue weighted by molar-refractivity contribution is -0.392. The van der Waals surface area contributed by atoms with Crippen LogP contribution in [0, 0.1) is 0 Å². The van der Waals surface area contributed by atoms with Crippen molar-refractivity contribution in [1.82, 2.24) is 0 Å². The van der Waals surface area contributed by atoms with E-state index in [0.717, 1.165) is 0 Å². The maximum atomic E-state index is 11.5. The molecule has 34 nitrogen and oxygen atoms in total. The molecule has 6 saturated heterocycles. The number of hydrogen-bond acceptors (Lipinski definition) is 34. The molecule has 6 rings (SSSR count). The highest BCUT2D eigenvalue weighted by Crippen LogP contribution is 2.36. The highest BCUT2D eigenvalue weighted by atomic mass is 31.2. The van der Waals surface area contributed by atoms with Crippen molar-refractivity contribution in [2.45, 2.75) is 198 Å². The van der Waals surface area contributed by atoms with Gasteiger partial charge in [-0.25, -0.2) is 5.90 Å². The summed E-state index contributed by atoms with van der Waals surface area (Å²) in [4.78, 5) is 26.9.